The Morgan fingerprint density at radius 1 is 1.60 bits per heavy atom. The number of nitrogens with zero attached hydrogens (tertiary/aromatic N) is 2. The Bertz CT molecular complexity index is 251. The molecule has 0 amide bonds. The first-order valence-electron chi connectivity index (χ1n) is 3.29. The Labute approximate surface area is 67.4 Å². The number of hydrogen-bond donors (Lipinski definition) is 1. The van der Waals surface area contributed by atoms with Crippen molar-refractivity contribution in [2.45, 2.75) is 25.2 Å². The molecule has 0 atom stereocenters. The van der Waals surface area contributed by atoms with Crippen LogP contribution >= 0.6 is 15.9 Å². The van der Waals surface area contributed by atoms with Gasteiger partial charge in [0.05, 0.1) is 0 Å². The number of nitrogens with one attached hydrogen (secondary N) is 1. The van der Waals surface area contributed by atoms with Gasteiger partial charge in [-0.25, -0.2) is 4.98 Å². The lowest BCUT2D eigenvalue weighted by Crippen LogP contribution is -2.01. The zero-order valence-electron chi connectivity index (χ0n) is 5.69. The molecule has 1 aliphatic carbocycles. The molecule has 1 aliphatic rings. The molecule has 1 aromatic rings. The summed E-state index contributed by atoms with van der Waals surface area (Å²) in [5.74, 6) is 1.01. The SMILES string of the molecule is CC1(c2nc(Br)n[nH]2)CC1. The summed E-state index contributed by atoms with van der Waals surface area (Å²) in [6, 6.07) is 0. The zero-order valence-corrected chi connectivity index (χ0v) is 7.27. The van der Waals surface area contributed by atoms with Gasteiger partial charge in [0.2, 0.25) is 4.73 Å². The van der Waals surface area contributed by atoms with Crippen LogP contribution < -0.4 is 0 Å². The maximum absolute atomic E-state index is 4.19. The second-order valence-corrected chi connectivity index (χ2v) is 3.72. The Balaban J connectivity index is 2.34. The van der Waals surface area contributed by atoms with Crippen LogP contribution in [-0.2, 0) is 5.41 Å². The molecule has 0 radical (unpaired) electrons. The van der Waals surface area contributed by atoms with Crippen molar-refractivity contribution in [3.05, 3.63) is 10.6 Å². The maximum Gasteiger partial charge on any atom is 0.217 e. The van der Waals surface area contributed by atoms with Crippen molar-refractivity contribution in [3.8, 4) is 0 Å². The van der Waals surface area contributed by atoms with Crippen LogP contribution in [-0.4, -0.2) is 15.2 Å². The first kappa shape index (κ1) is 6.34. The first-order chi connectivity index (χ1) is 4.71. The van der Waals surface area contributed by atoms with Crippen LogP contribution in [0.4, 0.5) is 0 Å². The van der Waals surface area contributed by atoms with Crippen LogP contribution in [0.3, 0.4) is 0 Å². The molecule has 0 unspecified atom stereocenters. The first-order valence-corrected chi connectivity index (χ1v) is 4.08. The number of hydrogen-bond acceptors (Lipinski definition) is 2. The molecule has 1 fully saturated rings. The highest BCUT2D eigenvalue weighted by molar-refractivity contribution is 9.10. The Hall–Kier alpha value is -0.380. The standard InChI is InChI=1S/C6H8BrN3/c1-6(2-3-6)4-8-5(7)10-9-4/h2-3H2,1H3,(H,8,9,10). The van der Waals surface area contributed by atoms with E-state index in [1.54, 1.807) is 0 Å². The Morgan fingerprint density at radius 3 is 2.70 bits per heavy atom. The van der Waals surface area contributed by atoms with Gasteiger partial charge < -0.3 is 0 Å². The second-order valence-electron chi connectivity index (χ2n) is 3.01. The Kier molecular flexibility index (Phi) is 1.15. The van der Waals surface area contributed by atoms with E-state index in [1.165, 1.54) is 12.8 Å². The third kappa shape index (κ3) is 0.868. The molecular formula is C6H8BrN3. The summed E-state index contributed by atoms with van der Waals surface area (Å²) in [7, 11) is 0. The third-order valence-electron chi connectivity index (χ3n) is 2.03. The molecule has 3 nitrogen and oxygen atoms in total. The highest BCUT2D eigenvalue weighted by Crippen LogP contribution is 2.45. The van der Waals surface area contributed by atoms with Crippen LogP contribution in [0.25, 0.3) is 0 Å². The normalized spacial score (nSPS) is 21.0. The molecule has 4 heteroatoms. The van der Waals surface area contributed by atoms with Crippen LogP contribution in [0.1, 0.15) is 25.6 Å². The molecule has 54 valence electrons. The van der Waals surface area contributed by atoms with Gasteiger partial charge in [0.15, 0.2) is 0 Å². The van der Waals surface area contributed by atoms with Gasteiger partial charge in [-0.2, -0.15) is 0 Å². The summed E-state index contributed by atoms with van der Waals surface area (Å²) < 4.78 is 0.663. The van der Waals surface area contributed by atoms with E-state index >= 15 is 0 Å². The van der Waals surface area contributed by atoms with Crippen molar-refractivity contribution in [2.24, 2.45) is 0 Å². The van der Waals surface area contributed by atoms with E-state index in [0.29, 0.717) is 10.1 Å². The maximum atomic E-state index is 4.19. The van der Waals surface area contributed by atoms with Gasteiger partial charge >= 0.3 is 0 Å². The molecule has 1 N–H and O–H groups in total. The molecule has 0 aliphatic heterocycles. The minimum atomic E-state index is 0.305. The van der Waals surface area contributed by atoms with E-state index in [-0.39, 0.29) is 0 Å². The van der Waals surface area contributed by atoms with Crippen LogP contribution in [0.15, 0.2) is 4.73 Å². The largest absolute Gasteiger partial charge is 0.262 e. The molecule has 0 aromatic carbocycles. The molecule has 0 saturated heterocycles. The highest BCUT2D eigenvalue weighted by Gasteiger charge is 2.42. The van der Waals surface area contributed by atoms with E-state index in [2.05, 4.69) is 38.0 Å². The van der Waals surface area contributed by atoms with E-state index in [4.69, 9.17) is 0 Å². The monoisotopic (exact) mass is 201 g/mol. The number of rotatable bonds is 1. The summed E-state index contributed by atoms with van der Waals surface area (Å²) in [4.78, 5) is 4.19. The second kappa shape index (κ2) is 1.81. The molecule has 0 spiro atoms. The fourth-order valence-electron chi connectivity index (χ4n) is 0.936. The zero-order chi connectivity index (χ0) is 7.19. The number of aromatic nitrogens is 3. The number of H-pyrrole nitrogens is 1. The van der Waals surface area contributed by atoms with Crippen molar-refractivity contribution in [2.75, 3.05) is 0 Å². The molecule has 1 saturated carbocycles. The van der Waals surface area contributed by atoms with Gasteiger partial charge in [0.25, 0.3) is 0 Å². The lowest BCUT2D eigenvalue weighted by Gasteiger charge is -1.98. The average Bonchev–Trinajstić information content (AvgIpc) is 2.45. The van der Waals surface area contributed by atoms with Crippen molar-refractivity contribution in [3.63, 3.8) is 0 Å². The van der Waals surface area contributed by atoms with Gasteiger partial charge in [-0.05, 0) is 28.8 Å². The van der Waals surface area contributed by atoms with Crippen molar-refractivity contribution in [1.82, 2.24) is 15.2 Å². The van der Waals surface area contributed by atoms with Gasteiger partial charge in [-0.1, -0.05) is 6.92 Å². The summed E-state index contributed by atoms with van der Waals surface area (Å²) in [6.07, 6.45) is 2.46. The van der Waals surface area contributed by atoms with Gasteiger partial charge in [-0.15, -0.1) is 5.10 Å². The lowest BCUT2D eigenvalue weighted by atomic mass is 10.1. The highest BCUT2D eigenvalue weighted by atomic mass is 79.9. The van der Waals surface area contributed by atoms with Gasteiger partial charge in [0, 0.05) is 5.41 Å². The predicted molar refractivity (Wildman–Crippen MR) is 40.7 cm³/mol. The van der Waals surface area contributed by atoms with Gasteiger partial charge in [-0.3, -0.25) is 5.10 Å². The van der Waals surface area contributed by atoms with Crippen LogP contribution in [0.5, 0.6) is 0 Å². The van der Waals surface area contributed by atoms with E-state index in [0.717, 1.165) is 5.82 Å². The quantitative estimate of drug-likeness (QED) is 0.751. The molecule has 10 heavy (non-hydrogen) atoms. The summed E-state index contributed by atoms with van der Waals surface area (Å²) >= 11 is 3.20. The van der Waals surface area contributed by atoms with E-state index in [1.807, 2.05) is 0 Å². The van der Waals surface area contributed by atoms with Crippen LogP contribution in [0, 0.1) is 0 Å². The molecule has 1 aromatic heterocycles. The summed E-state index contributed by atoms with van der Waals surface area (Å²) in [5, 5.41) is 6.80. The van der Waals surface area contributed by atoms with Crippen molar-refractivity contribution in [1.29, 1.82) is 0 Å². The third-order valence-corrected chi connectivity index (χ3v) is 2.38. The summed E-state index contributed by atoms with van der Waals surface area (Å²) in [5.41, 5.74) is 0.305. The lowest BCUT2D eigenvalue weighted by molar-refractivity contribution is 0.714. The molecule has 2 rings (SSSR count). The number of halogens is 1. The van der Waals surface area contributed by atoms with E-state index < -0.39 is 0 Å². The van der Waals surface area contributed by atoms with E-state index in [9.17, 15) is 0 Å². The van der Waals surface area contributed by atoms with Crippen molar-refractivity contribution >= 4 is 15.9 Å². The minimum Gasteiger partial charge on any atom is -0.262 e. The smallest absolute Gasteiger partial charge is 0.217 e. The fraction of sp³-hybridized carbons (Fsp3) is 0.667. The fourth-order valence-corrected chi connectivity index (χ4v) is 1.20. The minimum absolute atomic E-state index is 0.305. The van der Waals surface area contributed by atoms with Crippen molar-refractivity contribution < 1.29 is 0 Å². The van der Waals surface area contributed by atoms with Crippen LogP contribution in [0.2, 0.25) is 0 Å². The molecule has 0 bridgehead atoms. The predicted octanol–water partition coefficient (Wildman–Crippen LogP) is 1.62. The summed E-state index contributed by atoms with van der Waals surface area (Å²) in [6.45, 7) is 2.19. The molecule has 1 heterocycles. The average molecular weight is 202 g/mol. The van der Waals surface area contributed by atoms with Gasteiger partial charge in [0.1, 0.15) is 5.82 Å². The Morgan fingerprint density at radius 2 is 2.30 bits per heavy atom. The molecular weight excluding hydrogens is 194 g/mol. The number of aromatic amines is 1. The topological polar surface area (TPSA) is 41.6 Å².